The molecule has 7 nitrogen and oxygen atoms in total. The number of hydrogen-bond acceptors (Lipinski definition) is 4. The van der Waals surface area contributed by atoms with Crippen molar-refractivity contribution in [1.29, 1.82) is 0 Å². The van der Waals surface area contributed by atoms with Gasteiger partial charge in [-0.1, -0.05) is 39.7 Å². The number of ether oxygens (including phenoxy) is 1. The molecule has 1 aromatic rings. The van der Waals surface area contributed by atoms with E-state index in [9.17, 15) is 23.5 Å². The molecule has 1 aliphatic carbocycles. The number of carbonyl (C=O) groups excluding carboxylic acids is 1. The number of nitrogens with zero attached hydrogens (tertiary/aromatic N) is 1. The van der Waals surface area contributed by atoms with Crippen molar-refractivity contribution in [2.24, 2.45) is 5.92 Å². The highest BCUT2D eigenvalue weighted by Crippen LogP contribution is 2.28. The lowest BCUT2D eigenvalue weighted by Crippen LogP contribution is -2.40. The Kier molecular flexibility index (Phi) is 10.7. The maximum Gasteiger partial charge on any atom is 0.347 e. The second kappa shape index (κ2) is 13.3. The zero-order chi connectivity index (χ0) is 27.8. The third-order valence-electron chi connectivity index (χ3n) is 6.20. The quantitative estimate of drug-likeness (QED) is 0.228. The van der Waals surface area contributed by atoms with E-state index in [1.165, 1.54) is 32.4 Å². The Morgan fingerprint density at radius 1 is 1.24 bits per heavy atom. The third kappa shape index (κ3) is 8.91. The summed E-state index contributed by atoms with van der Waals surface area (Å²) in [5.41, 5.74) is -0.619. The van der Waals surface area contributed by atoms with Gasteiger partial charge in [0.05, 0.1) is 11.4 Å². The van der Waals surface area contributed by atoms with Gasteiger partial charge in [0, 0.05) is 30.4 Å². The maximum absolute atomic E-state index is 14.1. The Morgan fingerprint density at radius 2 is 1.89 bits per heavy atom. The molecule has 0 unspecified atom stereocenters. The number of urea groups is 1. The van der Waals surface area contributed by atoms with Crippen LogP contribution in [0.25, 0.3) is 0 Å². The molecule has 0 aliphatic heterocycles. The van der Waals surface area contributed by atoms with Crippen LogP contribution in [0, 0.1) is 17.6 Å². The Hall–Kier alpha value is -3.36. The Morgan fingerprint density at radius 3 is 2.43 bits per heavy atom. The molecular formula is C28H39F2N3O4. The van der Waals surface area contributed by atoms with Gasteiger partial charge in [0.15, 0.2) is 5.60 Å². The summed E-state index contributed by atoms with van der Waals surface area (Å²) >= 11 is 0. The summed E-state index contributed by atoms with van der Waals surface area (Å²) in [6.07, 6.45) is 8.33. The third-order valence-corrected chi connectivity index (χ3v) is 6.20. The van der Waals surface area contributed by atoms with Crippen LogP contribution in [0.5, 0.6) is 0 Å². The van der Waals surface area contributed by atoms with E-state index in [2.05, 4.69) is 36.0 Å². The second-order valence-corrected chi connectivity index (χ2v) is 10.2. The first-order valence-corrected chi connectivity index (χ1v) is 12.6. The highest BCUT2D eigenvalue weighted by atomic mass is 19.1. The molecule has 0 radical (unpaired) electrons. The van der Waals surface area contributed by atoms with E-state index in [1.54, 1.807) is 0 Å². The van der Waals surface area contributed by atoms with E-state index in [4.69, 9.17) is 4.74 Å². The molecule has 9 heteroatoms. The van der Waals surface area contributed by atoms with Crippen LogP contribution in [-0.2, 0) is 9.53 Å². The van der Waals surface area contributed by atoms with Gasteiger partial charge in [0.25, 0.3) is 0 Å². The number of benzene rings is 1. The molecular weight excluding hydrogens is 480 g/mol. The number of halogens is 2. The van der Waals surface area contributed by atoms with E-state index < -0.39 is 29.2 Å². The number of carboxylic acids is 1. The topological polar surface area (TPSA) is 90.9 Å². The van der Waals surface area contributed by atoms with Crippen molar-refractivity contribution < 1.29 is 28.2 Å². The molecule has 204 valence electrons. The highest BCUT2D eigenvalue weighted by molar-refractivity contribution is 5.91. The van der Waals surface area contributed by atoms with E-state index >= 15 is 0 Å². The molecule has 3 N–H and O–H groups in total. The van der Waals surface area contributed by atoms with Crippen LogP contribution in [0.15, 0.2) is 54.1 Å². The van der Waals surface area contributed by atoms with Gasteiger partial charge in [-0.2, -0.15) is 0 Å². The summed E-state index contributed by atoms with van der Waals surface area (Å²) in [5, 5.41) is 14.7. The van der Waals surface area contributed by atoms with Crippen LogP contribution >= 0.6 is 0 Å². The largest absolute Gasteiger partial charge is 0.478 e. The van der Waals surface area contributed by atoms with Crippen molar-refractivity contribution >= 4 is 17.7 Å². The minimum Gasteiger partial charge on any atom is -0.478 e. The predicted molar refractivity (Wildman–Crippen MR) is 141 cm³/mol. The second-order valence-electron chi connectivity index (χ2n) is 10.2. The first kappa shape index (κ1) is 29.9. The molecule has 1 saturated carbocycles. The molecule has 1 aromatic carbocycles. The monoisotopic (exact) mass is 519 g/mol. The van der Waals surface area contributed by atoms with Gasteiger partial charge in [-0.15, -0.1) is 0 Å². The number of hydrogen-bond donors (Lipinski definition) is 3. The number of allylic oxidation sites excluding steroid dienone is 3. The van der Waals surface area contributed by atoms with Crippen molar-refractivity contribution in [1.82, 2.24) is 10.2 Å². The fourth-order valence-electron chi connectivity index (χ4n) is 4.21. The van der Waals surface area contributed by atoms with Crippen molar-refractivity contribution in [2.75, 3.05) is 11.9 Å². The van der Waals surface area contributed by atoms with E-state index in [0.717, 1.165) is 50.1 Å². The zero-order valence-electron chi connectivity index (χ0n) is 22.4. The molecule has 1 aliphatic rings. The SMILES string of the molecule is C=C/C(=C\C(NC(=O)Nc1ccc(F)cc1F)=C(/C)N(CC(C)C)C1CCCCC1)OC(C)(C)C(=O)O. The number of aliphatic carboxylic acids is 1. The van der Waals surface area contributed by atoms with Gasteiger partial charge in [-0.3, -0.25) is 0 Å². The van der Waals surface area contributed by atoms with Crippen LogP contribution in [0.1, 0.15) is 66.7 Å². The molecule has 37 heavy (non-hydrogen) atoms. The Bertz CT molecular complexity index is 1040. The number of anilines is 1. The van der Waals surface area contributed by atoms with Crippen molar-refractivity contribution in [2.45, 2.75) is 78.4 Å². The van der Waals surface area contributed by atoms with Crippen LogP contribution in [-0.4, -0.2) is 40.2 Å². The Balaban J connectivity index is 2.50. The van der Waals surface area contributed by atoms with E-state index in [1.807, 2.05) is 6.92 Å². The normalized spacial score (nSPS) is 15.6. The van der Waals surface area contributed by atoms with E-state index in [-0.39, 0.29) is 17.5 Å². The lowest BCUT2D eigenvalue weighted by atomic mass is 9.93. The molecule has 2 amide bonds. The Labute approximate surface area is 218 Å². The van der Waals surface area contributed by atoms with Gasteiger partial charge >= 0.3 is 12.0 Å². The minimum atomic E-state index is -1.54. The molecule has 0 atom stereocenters. The number of rotatable bonds is 11. The highest BCUT2D eigenvalue weighted by Gasteiger charge is 2.30. The standard InChI is InChI=1S/C28H39F2N3O4/c1-7-22(37-28(5,6)26(34)35)16-25(32-27(36)31-24-14-13-20(29)15-23(24)30)19(4)33(17-18(2)3)21-11-9-8-10-12-21/h7,13-16,18,21H,1,8-12,17H2,2-6H3,(H,34,35)(H2,31,32,36)/b22-16+,25-19-. The molecule has 0 aromatic heterocycles. The zero-order valence-corrected chi connectivity index (χ0v) is 22.4. The smallest absolute Gasteiger partial charge is 0.347 e. The lowest BCUT2D eigenvalue weighted by molar-refractivity contribution is -0.156. The van der Waals surface area contributed by atoms with Gasteiger partial charge in [0.1, 0.15) is 17.4 Å². The van der Waals surface area contributed by atoms with Gasteiger partial charge in [-0.05, 0) is 57.7 Å². The molecule has 0 heterocycles. The summed E-state index contributed by atoms with van der Waals surface area (Å²) in [5.74, 6) is -2.35. The molecule has 1 fully saturated rings. The first-order chi connectivity index (χ1) is 17.3. The summed E-state index contributed by atoms with van der Waals surface area (Å²) < 4.78 is 33.1. The van der Waals surface area contributed by atoms with Crippen molar-refractivity contribution in [3.63, 3.8) is 0 Å². The van der Waals surface area contributed by atoms with E-state index in [0.29, 0.717) is 17.7 Å². The lowest BCUT2D eigenvalue weighted by Gasteiger charge is -2.38. The molecule has 0 spiro atoms. The average Bonchev–Trinajstić information content (AvgIpc) is 2.83. The molecule has 2 rings (SSSR count). The fourth-order valence-corrected chi connectivity index (χ4v) is 4.21. The van der Waals surface area contributed by atoms with Crippen LogP contribution in [0.2, 0.25) is 0 Å². The summed E-state index contributed by atoms with van der Waals surface area (Å²) in [7, 11) is 0. The number of nitrogens with one attached hydrogen (secondary N) is 2. The predicted octanol–water partition coefficient (Wildman–Crippen LogP) is 6.56. The molecule has 0 saturated heterocycles. The van der Waals surface area contributed by atoms with Crippen molar-refractivity contribution in [3.8, 4) is 0 Å². The number of carboxylic acid groups (broad SMARTS) is 1. The first-order valence-electron chi connectivity index (χ1n) is 12.6. The van der Waals surface area contributed by atoms with Crippen LogP contribution in [0.4, 0.5) is 19.3 Å². The van der Waals surface area contributed by atoms with Gasteiger partial charge in [0.2, 0.25) is 0 Å². The summed E-state index contributed by atoms with van der Waals surface area (Å²) in [6, 6.07) is 2.40. The van der Waals surface area contributed by atoms with Gasteiger partial charge in [-0.25, -0.2) is 18.4 Å². The van der Waals surface area contributed by atoms with Crippen molar-refractivity contribution in [3.05, 3.63) is 65.7 Å². The fraction of sp³-hybridized carbons (Fsp3) is 0.500. The summed E-state index contributed by atoms with van der Waals surface area (Å²) in [4.78, 5) is 26.8. The van der Waals surface area contributed by atoms with Crippen LogP contribution < -0.4 is 10.6 Å². The summed E-state index contributed by atoms with van der Waals surface area (Å²) in [6.45, 7) is 13.4. The number of amides is 2. The van der Waals surface area contributed by atoms with Gasteiger partial charge < -0.3 is 25.4 Å². The maximum atomic E-state index is 14.1. The number of carbonyl (C=O) groups is 2. The molecule has 0 bridgehead atoms. The average molecular weight is 520 g/mol. The van der Waals surface area contributed by atoms with Crippen LogP contribution in [0.3, 0.4) is 0 Å². The minimum absolute atomic E-state index is 0.142.